The van der Waals surface area contributed by atoms with Gasteiger partial charge in [-0.2, -0.15) is 0 Å². The van der Waals surface area contributed by atoms with Gasteiger partial charge in [0.2, 0.25) is 11.8 Å². The molecule has 8 nitrogen and oxygen atoms in total. The minimum absolute atomic E-state index is 0.00805. The Morgan fingerprint density at radius 3 is 2.19 bits per heavy atom. The number of carbonyl (C=O) groups is 2. The van der Waals surface area contributed by atoms with Crippen molar-refractivity contribution >= 4 is 43.5 Å². The lowest BCUT2D eigenvalue weighted by atomic mass is 10.0. The fourth-order valence-corrected chi connectivity index (χ4v) is 6.69. The third kappa shape index (κ3) is 8.35. The predicted octanol–water partition coefficient (Wildman–Crippen LogP) is 5.99. The van der Waals surface area contributed by atoms with Crippen LogP contribution in [0.5, 0.6) is 5.75 Å². The second-order valence-corrected chi connectivity index (χ2v) is 14.0. The number of ether oxygens (including phenoxy) is 1. The molecule has 0 unspecified atom stereocenters. The smallest absolute Gasteiger partial charge is 0.264 e. The van der Waals surface area contributed by atoms with Gasteiger partial charge in [0.1, 0.15) is 18.3 Å². The topological polar surface area (TPSA) is 96.0 Å². The molecule has 3 aromatic carbocycles. The Kier molecular flexibility index (Phi) is 10.8. The zero-order chi connectivity index (χ0) is 31.2. The number of nitrogens with zero attached hydrogens (tertiary/aromatic N) is 2. The summed E-state index contributed by atoms with van der Waals surface area (Å²) in [6.45, 7) is 11.0. The molecule has 0 aromatic heterocycles. The quantitative estimate of drug-likeness (QED) is 0.273. The molecule has 3 aromatic rings. The first-order valence-corrected chi connectivity index (χ1v) is 16.0. The van der Waals surface area contributed by atoms with E-state index in [1.54, 1.807) is 30.3 Å². The van der Waals surface area contributed by atoms with Gasteiger partial charge in [-0.15, -0.1) is 0 Å². The molecule has 0 spiro atoms. The highest BCUT2D eigenvalue weighted by Crippen LogP contribution is 2.31. The molecule has 10 heteroatoms. The first-order chi connectivity index (χ1) is 19.7. The highest BCUT2D eigenvalue weighted by atomic mass is 79.9. The summed E-state index contributed by atoms with van der Waals surface area (Å²) in [6, 6.07) is 18.3. The van der Waals surface area contributed by atoms with E-state index in [1.807, 2.05) is 65.8 Å². The fraction of sp³-hybridized carbons (Fsp3) is 0.375. The van der Waals surface area contributed by atoms with Crippen molar-refractivity contribution in [3.8, 4) is 5.75 Å². The van der Waals surface area contributed by atoms with Gasteiger partial charge < -0.3 is 15.0 Å². The van der Waals surface area contributed by atoms with Crippen molar-refractivity contribution in [3.63, 3.8) is 0 Å². The lowest BCUT2D eigenvalue weighted by Gasteiger charge is -2.35. The SMILES string of the molecule is CC[C@H](C(=O)NC(C)(C)C)N(Cc1cccc(C)c1)C(=O)CN(c1ccc(C)cc1)S(=O)(=O)c1ccc(OC)c(Br)c1. The highest BCUT2D eigenvalue weighted by Gasteiger charge is 2.34. The van der Waals surface area contributed by atoms with E-state index in [9.17, 15) is 18.0 Å². The number of halogens is 1. The fourth-order valence-electron chi connectivity index (χ4n) is 4.55. The highest BCUT2D eigenvalue weighted by molar-refractivity contribution is 9.10. The van der Waals surface area contributed by atoms with Crippen LogP contribution in [-0.4, -0.2) is 50.4 Å². The number of hydrogen-bond donors (Lipinski definition) is 1. The average Bonchev–Trinajstić information content (AvgIpc) is 2.91. The van der Waals surface area contributed by atoms with E-state index in [4.69, 9.17) is 4.74 Å². The van der Waals surface area contributed by atoms with E-state index >= 15 is 0 Å². The Labute approximate surface area is 258 Å². The van der Waals surface area contributed by atoms with Gasteiger partial charge in [-0.05, 0) is 92.9 Å². The van der Waals surface area contributed by atoms with Crippen LogP contribution in [0.25, 0.3) is 0 Å². The Morgan fingerprint density at radius 1 is 0.976 bits per heavy atom. The second-order valence-electron chi connectivity index (χ2n) is 11.3. The van der Waals surface area contributed by atoms with Crippen LogP contribution in [0.4, 0.5) is 5.69 Å². The molecule has 0 heterocycles. The standard InChI is InChI=1S/C32H40BrN3O5S/c1-8-28(31(38)34-32(4,5)6)35(20-24-11-9-10-23(3)18-24)30(37)21-36(25-14-12-22(2)13-15-25)42(39,40)26-16-17-29(41-7)27(33)19-26/h9-19,28H,8,20-21H2,1-7H3,(H,34,38)/t28-/m1/s1. The van der Waals surface area contributed by atoms with Gasteiger partial charge in [0.15, 0.2) is 0 Å². The van der Waals surface area contributed by atoms with Crippen molar-refractivity contribution in [1.82, 2.24) is 10.2 Å². The summed E-state index contributed by atoms with van der Waals surface area (Å²) in [5.74, 6) is -0.314. The van der Waals surface area contributed by atoms with E-state index in [0.717, 1.165) is 21.0 Å². The van der Waals surface area contributed by atoms with Gasteiger partial charge in [0.25, 0.3) is 10.0 Å². The Hall–Kier alpha value is -3.37. The van der Waals surface area contributed by atoms with Crippen molar-refractivity contribution in [1.29, 1.82) is 0 Å². The zero-order valence-corrected chi connectivity index (χ0v) is 27.7. The van der Waals surface area contributed by atoms with Crippen molar-refractivity contribution in [2.45, 2.75) is 71.0 Å². The van der Waals surface area contributed by atoms with Gasteiger partial charge in [0.05, 0.1) is 22.2 Å². The first kappa shape index (κ1) is 33.1. The summed E-state index contributed by atoms with van der Waals surface area (Å²) in [6.07, 6.45) is 0.349. The minimum Gasteiger partial charge on any atom is -0.496 e. The molecule has 0 fully saturated rings. The number of benzene rings is 3. The van der Waals surface area contributed by atoms with Crippen molar-refractivity contribution in [3.05, 3.63) is 87.9 Å². The lowest BCUT2D eigenvalue weighted by molar-refractivity contribution is -0.141. The number of amides is 2. The van der Waals surface area contributed by atoms with Gasteiger partial charge in [-0.25, -0.2) is 8.42 Å². The van der Waals surface area contributed by atoms with Crippen molar-refractivity contribution < 1.29 is 22.7 Å². The number of aryl methyl sites for hydroxylation is 2. The molecular weight excluding hydrogens is 618 g/mol. The first-order valence-electron chi connectivity index (χ1n) is 13.8. The van der Waals surface area contributed by atoms with Crippen LogP contribution in [0.3, 0.4) is 0 Å². The minimum atomic E-state index is -4.20. The van der Waals surface area contributed by atoms with E-state index < -0.39 is 34.1 Å². The number of anilines is 1. The summed E-state index contributed by atoms with van der Waals surface area (Å²) in [5.41, 5.74) is 2.63. The van der Waals surface area contributed by atoms with Crippen LogP contribution in [-0.2, 0) is 26.2 Å². The van der Waals surface area contributed by atoms with Crippen LogP contribution in [0.2, 0.25) is 0 Å². The molecule has 3 rings (SSSR count). The summed E-state index contributed by atoms with van der Waals surface area (Å²) in [4.78, 5) is 29.1. The van der Waals surface area contributed by atoms with Gasteiger partial charge in [-0.3, -0.25) is 13.9 Å². The maximum atomic E-state index is 14.2. The van der Waals surface area contributed by atoms with Crippen molar-refractivity contribution in [2.24, 2.45) is 0 Å². The molecule has 226 valence electrons. The molecular formula is C32H40BrN3O5S. The molecule has 0 aliphatic rings. The number of sulfonamides is 1. The van der Waals surface area contributed by atoms with Crippen molar-refractivity contribution in [2.75, 3.05) is 18.0 Å². The molecule has 0 saturated heterocycles. The summed E-state index contributed by atoms with van der Waals surface area (Å²) in [5, 5.41) is 2.99. The molecule has 0 aliphatic heterocycles. The number of methoxy groups -OCH3 is 1. The molecule has 0 bridgehead atoms. The number of carbonyl (C=O) groups excluding carboxylic acids is 2. The van der Waals surface area contributed by atoms with E-state index in [1.165, 1.54) is 24.1 Å². The Morgan fingerprint density at radius 2 is 1.64 bits per heavy atom. The molecule has 1 atom stereocenters. The van der Waals surface area contributed by atoms with E-state index in [0.29, 0.717) is 22.3 Å². The summed E-state index contributed by atoms with van der Waals surface area (Å²) >= 11 is 3.37. The third-order valence-corrected chi connectivity index (χ3v) is 9.02. The molecule has 1 N–H and O–H groups in total. The Balaban J connectivity index is 2.09. The predicted molar refractivity (Wildman–Crippen MR) is 170 cm³/mol. The van der Waals surface area contributed by atoms with Crippen LogP contribution < -0.4 is 14.4 Å². The maximum absolute atomic E-state index is 14.2. The van der Waals surface area contributed by atoms with Gasteiger partial charge in [-0.1, -0.05) is 54.4 Å². The largest absolute Gasteiger partial charge is 0.496 e. The molecule has 0 radical (unpaired) electrons. The van der Waals surface area contributed by atoms with Crippen LogP contribution in [0, 0.1) is 13.8 Å². The normalized spacial score (nSPS) is 12.4. The van der Waals surface area contributed by atoms with E-state index in [2.05, 4.69) is 21.2 Å². The van der Waals surface area contributed by atoms with Gasteiger partial charge >= 0.3 is 0 Å². The average molecular weight is 659 g/mol. The van der Waals surface area contributed by atoms with Gasteiger partial charge in [0, 0.05) is 12.1 Å². The Bertz CT molecular complexity index is 1520. The zero-order valence-electron chi connectivity index (χ0n) is 25.3. The number of nitrogens with one attached hydrogen (secondary N) is 1. The van der Waals surface area contributed by atoms with Crippen LogP contribution in [0.1, 0.15) is 50.8 Å². The molecule has 0 saturated carbocycles. The molecule has 0 aliphatic carbocycles. The molecule has 42 heavy (non-hydrogen) atoms. The van der Waals surface area contributed by atoms with E-state index in [-0.39, 0.29) is 17.3 Å². The molecule has 2 amide bonds. The monoisotopic (exact) mass is 657 g/mol. The lowest BCUT2D eigenvalue weighted by Crippen LogP contribution is -2.55. The maximum Gasteiger partial charge on any atom is 0.264 e. The number of hydrogen-bond acceptors (Lipinski definition) is 5. The summed E-state index contributed by atoms with van der Waals surface area (Å²) in [7, 11) is -2.71. The second kappa shape index (κ2) is 13.7. The number of rotatable bonds is 11. The summed E-state index contributed by atoms with van der Waals surface area (Å²) < 4.78 is 35.0. The third-order valence-electron chi connectivity index (χ3n) is 6.63. The van der Waals surface area contributed by atoms with Crippen LogP contribution in [0.15, 0.2) is 76.1 Å². The van der Waals surface area contributed by atoms with Crippen LogP contribution >= 0.6 is 15.9 Å².